The van der Waals surface area contributed by atoms with Gasteiger partial charge in [-0.25, -0.2) is 4.98 Å². The highest BCUT2D eigenvalue weighted by Gasteiger charge is 2.40. The molecule has 1 unspecified atom stereocenters. The number of methoxy groups -OCH3 is 1. The third-order valence-electron chi connectivity index (χ3n) is 6.92. The second-order valence-corrected chi connectivity index (χ2v) is 9.95. The van der Waals surface area contributed by atoms with Crippen LogP contribution in [0.2, 0.25) is 0 Å². The minimum Gasteiger partial charge on any atom is -0.484 e. The number of fused-ring (bicyclic) bond motifs is 3. The summed E-state index contributed by atoms with van der Waals surface area (Å²) in [6.45, 7) is 1.69. The lowest BCUT2D eigenvalue weighted by atomic mass is 9.77. The Bertz CT molecular complexity index is 1410. The van der Waals surface area contributed by atoms with Gasteiger partial charge in [0.15, 0.2) is 6.61 Å². The molecule has 2 N–H and O–H groups in total. The number of rotatable bonds is 7. The quantitative estimate of drug-likeness (QED) is 0.309. The molecule has 1 atom stereocenters. The Labute approximate surface area is 242 Å². The van der Waals surface area contributed by atoms with E-state index < -0.39 is 29.1 Å². The van der Waals surface area contributed by atoms with Crippen LogP contribution in [-0.2, 0) is 30.3 Å². The van der Waals surface area contributed by atoms with E-state index >= 15 is 0 Å². The molecule has 42 heavy (non-hydrogen) atoms. The minimum absolute atomic E-state index is 0.00715. The van der Waals surface area contributed by atoms with E-state index in [0.29, 0.717) is 30.6 Å². The monoisotopic (exact) mass is 581 g/mol. The Morgan fingerprint density at radius 3 is 2.81 bits per heavy atom. The standard InChI is InChI=1S/C29H35N5O8/c1-3-40-28(38)29(10-6-14-39-2)16-20-7-4-8-21(15-20)41-18-24(36)30-12-13-34(17-23(35)32-19-29)27(37)25-22-9-5-11-31-26(22)33-42-25/h4-5,7-9,11,15H,3,6,10,12-14,16-19H2,1-2H3,(H,30,36)(H,32,35). The van der Waals surface area contributed by atoms with Gasteiger partial charge in [-0.15, -0.1) is 0 Å². The highest BCUT2D eigenvalue weighted by Crippen LogP contribution is 2.32. The number of nitrogens with zero attached hydrogens (tertiary/aromatic N) is 3. The van der Waals surface area contributed by atoms with E-state index in [9.17, 15) is 19.2 Å². The lowest BCUT2D eigenvalue weighted by molar-refractivity contribution is -0.156. The lowest BCUT2D eigenvalue weighted by Gasteiger charge is -2.32. The van der Waals surface area contributed by atoms with Crippen molar-refractivity contribution >= 4 is 34.7 Å². The maximum Gasteiger partial charge on any atom is 0.314 e. The third kappa shape index (κ3) is 7.60. The fraction of sp³-hybridized carbons (Fsp3) is 0.448. The van der Waals surface area contributed by atoms with Gasteiger partial charge in [-0.3, -0.25) is 19.2 Å². The Balaban J connectivity index is 1.65. The zero-order valence-corrected chi connectivity index (χ0v) is 23.7. The molecule has 13 heteroatoms. The highest BCUT2D eigenvalue weighted by atomic mass is 16.5. The number of aromatic nitrogens is 2. The second-order valence-electron chi connectivity index (χ2n) is 9.95. The summed E-state index contributed by atoms with van der Waals surface area (Å²) in [6.07, 6.45) is 2.67. The Hall–Kier alpha value is -4.52. The average molecular weight is 582 g/mol. The van der Waals surface area contributed by atoms with Gasteiger partial charge in [-0.05, 0) is 56.0 Å². The Kier molecular flexibility index (Phi) is 10.4. The second kappa shape index (κ2) is 14.4. The first kappa shape index (κ1) is 30.4. The van der Waals surface area contributed by atoms with E-state index in [0.717, 1.165) is 5.56 Å². The molecule has 1 aliphatic rings. The summed E-state index contributed by atoms with van der Waals surface area (Å²) in [4.78, 5) is 58.1. The fourth-order valence-electron chi connectivity index (χ4n) is 4.82. The molecular formula is C29H35N5O8. The number of benzene rings is 1. The summed E-state index contributed by atoms with van der Waals surface area (Å²) in [6, 6.07) is 10.4. The van der Waals surface area contributed by atoms with E-state index in [-0.39, 0.29) is 57.2 Å². The minimum atomic E-state index is -1.13. The summed E-state index contributed by atoms with van der Waals surface area (Å²) >= 11 is 0. The number of amides is 3. The fourth-order valence-corrected chi connectivity index (χ4v) is 4.82. The van der Waals surface area contributed by atoms with Crippen molar-refractivity contribution in [3.05, 3.63) is 53.9 Å². The van der Waals surface area contributed by atoms with Crippen molar-refractivity contribution in [3.8, 4) is 5.75 Å². The topological polar surface area (TPSA) is 162 Å². The van der Waals surface area contributed by atoms with Crippen molar-refractivity contribution in [2.75, 3.05) is 53.1 Å². The van der Waals surface area contributed by atoms with Crippen LogP contribution in [-0.4, -0.2) is 91.8 Å². The van der Waals surface area contributed by atoms with Crippen LogP contribution in [0, 0.1) is 5.41 Å². The summed E-state index contributed by atoms with van der Waals surface area (Å²) < 4.78 is 21.7. The van der Waals surface area contributed by atoms with Gasteiger partial charge in [0.1, 0.15) is 12.3 Å². The molecule has 3 aromatic rings. The SMILES string of the molecule is CCOC(=O)C1(CCCOC)CNC(=O)CN(C(=O)c2onc3ncccc23)CCNC(=O)COc2cccc(c2)C1. The first-order valence-corrected chi connectivity index (χ1v) is 13.8. The largest absolute Gasteiger partial charge is 0.484 e. The van der Waals surface area contributed by atoms with Crippen LogP contribution in [0.5, 0.6) is 5.75 Å². The molecule has 0 saturated heterocycles. The van der Waals surface area contributed by atoms with Crippen molar-refractivity contribution in [1.29, 1.82) is 0 Å². The lowest BCUT2D eigenvalue weighted by Crippen LogP contribution is -2.49. The zero-order chi connectivity index (χ0) is 30.0. The van der Waals surface area contributed by atoms with Gasteiger partial charge in [-0.1, -0.05) is 17.3 Å². The number of nitrogens with one attached hydrogen (secondary N) is 2. The van der Waals surface area contributed by atoms with Crippen molar-refractivity contribution in [2.24, 2.45) is 5.41 Å². The van der Waals surface area contributed by atoms with Crippen LogP contribution in [0.3, 0.4) is 0 Å². The maximum absolute atomic E-state index is 13.5. The molecule has 1 aromatic carbocycles. The van der Waals surface area contributed by atoms with E-state index in [1.807, 2.05) is 6.07 Å². The molecule has 2 bridgehead atoms. The molecule has 13 nitrogen and oxygen atoms in total. The van der Waals surface area contributed by atoms with E-state index in [1.54, 1.807) is 44.4 Å². The molecule has 0 fully saturated rings. The number of pyridine rings is 1. The average Bonchev–Trinajstić information content (AvgIpc) is 3.42. The third-order valence-corrected chi connectivity index (χ3v) is 6.92. The van der Waals surface area contributed by atoms with Crippen molar-refractivity contribution in [2.45, 2.75) is 26.2 Å². The number of ether oxygens (including phenoxy) is 3. The smallest absolute Gasteiger partial charge is 0.314 e. The predicted octanol–water partition coefficient (Wildman–Crippen LogP) is 1.51. The summed E-state index contributed by atoms with van der Waals surface area (Å²) in [5.74, 6) is -1.58. The Morgan fingerprint density at radius 1 is 1.14 bits per heavy atom. The normalized spacial score (nSPS) is 18.6. The van der Waals surface area contributed by atoms with Gasteiger partial charge < -0.3 is 34.3 Å². The van der Waals surface area contributed by atoms with Crippen LogP contribution in [0.1, 0.15) is 35.9 Å². The van der Waals surface area contributed by atoms with Crippen LogP contribution in [0.25, 0.3) is 11.0 Å². The van der Waals surface area contributed by atoms with Crippen molar-refractivity contribution in [1.82, 2.24) is 25.7 Å². The van der Waals surface area contributed by atoms with Crippen molar-refractivity contribution in [3.63, 3.8) is 0 Å². The molecule has 224 valence electrons. The number of esters is 1. The number of carbonyl (C=O) groups excluding carboxylic acids is 4. The molecule has 0 spiro atoms. The molecule has 1 aliphatic heterocycles. The summed E-state index contributed by atoms with van der Waals surface area (Å²) in [5.41, 5.74) is -0.107. The number of hydrogen-bond donors (Lipinski definition) is 2. The summed E-state index contributed by atoms with van der Waals surface area (Å²) in [7, 11) is 1.58. The highest BCUT2D eigenvalue weighted by molar-refractivity contribution is 6.03. The van der Waals surface area contributed by atoms with Gasteiger partial charge >= 0.3 is 5.97 Å². The molecule has 3 amide bonds. The molecule has 0 radical (unpaired) electrons. The van der Waals surface area contributed by atoms with Gasteiger partial charge in [0.2, 0.25) is 17.3 Å². The first-order valence-electron chi connectivity index (χ1n) is 13.8. The van der Waals surface area contributed by atoms with Crippen molar-refractivity contribution < 1.29 is 37.9 Å². The van der Waals surface area contributed by atoms with Crippen LogP contribution < -0.4 is 15.4 Å². The van der Waals surface area contributed by atoms with Crippen LogP contribution in [0.15, 0.2) is 47.1 Å². The molecule has 4 rings (SSSR count). The molecular weight excluding hydrogens is 546 g/mol. The van der Waals surface area contributed by atoms with E-state index in [2.05, 4.69) is 20.8 Å². The number of hydrogen-bond acceptors (Lipinski definition) is 10. The van der Waals surface area contributed by atoms with Crippen LogP contribution in [0.4, 0.5) is 0 Å². The van der Waals surface area contributed by atoms with E-state index in [1.165, 1.54) is 11.1 Å². The van der Waals surface area contributed by atoms with Crippen LogP contribution >= 0.6 is 0 Å². The predicted molar refractivity (Wildman–Crippen MR) is 150 cm³/mol. The first-order chi connectivity index (χ1) is 20.3. The molecule has 0 saturated carbocycles. The molecule has 3 heterocycles. The van der Waals surface area contributed by atoms with E-state index in [4.69, 9.17) is 18.7 Å². The molecule has 2 aromatic heterocycles. The maximum atomic E-state index is 13.5. The van der Waals surface area contributed by atoms with Gasteiger partial charge in [0.05, 0.1) is 17.4 Å². The molecule has 0 aliphatic carbocycles. The van der Waals surface area contributed by atoms with Gasteiger partial charge in [0.25, 0.3) is 11.8 Å². The Morgan fingerprint density at radius 2 is 2.00 bits per heavy atom. The zero-order valence-electron chi connectivity index (χ0n) is 23.7. The summed E-state index contributed by atoms with van der Waals surface area (Å²) in [5, 5.41) is 9.79. The van der Waals surface area contributed by atoms with Gasteiger partial charge in [-0.2, -0.15) is 0 Å². The van der Waals surface area contributed by atoms with Gasteiger partial charge in [0, 0.05) is 39.5 Å². The number of carbonyl (C=O) groups is 4.